The molecule has 0 bridgehead atoms. The average Bonchev–Trinajstić information content (AvgIpc) is 3.26. The number of nitrogens with zero attached hydrogens (tertiary/aromatic N) is 2. The predicted octanol–water partition coefficient (Wildman–Crippen LogP) is 4.93. The van der Waals surface area contributed by atoms with Gasteiger partial charge < -0.3 is 9.88 Å². The first-order valence-corrected chi connectivity index (χ1v) is 12.8. The molecule has 0 aliphatic carbocycles. The molecule has 2 unspecified atom stereocenters. The van der Waals surface area contributed by atoms with Crippen LogP contribution >= 0.6 is 34.8 Å². The van der Waals surface area contributed by atoms with Gasteiger partial charge in [0, 0.05) is 23.8 Å². The van der Waals surface area contributed by atoms with E-state index in [0.29, 0.717) is 10.7 Å². The normalized spacial score (nSPS) is 13.1. The molecule has 2 aromatic carbocycles. The Balaban J connectivity index is 1.86. The van der Waals surface area contributed by atoms with Gasteiger partial charge in [0.2, 0.25) is 15.9 Å². The summed E-state index contributed by atoms with van der Waals surface area (Å²) < 4.78 is 30.4. The maximum Gasteiger partial charge on any atom is 0.244 e. The van der Waals surface area contributed by atoms with E-state index < -0.39 is 22.0 Å². The number of nitriles is 1. The zero-order valence-electron chi connectivity index (χ0n) is 18.0. The highest BCUT2D eigenvalue weighted by atomic mass is 35.5. The van der Waals surface area contributed by atoms with Crippen LogP contribution in [0.3, 0.4) is 0 Å². The third kappa shape index (κ3) is 6.32. The van der Waals surface area contributed by atoms with Gasteiger partial charge in [0.15, 0.2) is 0 Å². The Morgan fingerprint density at radius 3 is 2.32 bits per heavy atom. The fourth-order valence-corrected chi connectivity index (χ4v) is 5.91. The quantitative estimate of drug-likeness (QED) is 0.402. The summed E-state index contributed by atoms with van der Waals surface area (Å²) in [5, 5.41) is 12.5. The highest BCUT2D eigenvalue weighted by Crippen LogP contribution is 2.29. The summed E-state index contributed by atoms with van der Waals surface area (Å²) in [6.45, 7) is 1.96. The van der Waals surface area contributed by atoms with E-state index in [9.17, 15) is 18.5 Å². The molecule has 1 heterocycles. The molecule has 0 radical (unpaired) electrons. The molecular formula is C23H21Cl3N4O3S. The van der Waals surface area contributed by atoms with Crippen LogP contribution in [0.1, 0.15) is 30.6 Å². The summed E-state index contributed by atoms with van der Waals surface area (Å²) in [4.78, 5) is 12.8. The number of carbonyl (C=O) groups excluding carboxylic acids is 1. The maximum atomic E-state index is 13.2. The predicted molar refractivity (Wildman–Crippen MR) is 132 cm³/mol. The number of halogens is 3. The molecule has 0 spiro atoms. The van der Waals surface area contributed by atoms with Gasteiger partial charge in [0.25, 0.3) is 0 Å². The number of hydrogen-bond donors (Lipinski definition) is 2. The van der Waals surface area contributed by atoms with Crippen molar-refractivity contribution in [1.29, 1.82) is 5.26 Å². The summed E-state index contributed by atoms with van der Waals surface area (Å²) in [5.74, 6) is -0.542. The molecule has 0 saturated carbocycles. The van der Waals surface area contributed by atoms with Crippen LogP contribution in [0, 0.1) is 11.3 Å². The summed E-state index contributed by atoms with van der Waals surface area (Å²) in [7, 11) is -4.25. The summed E-state index contributed by atoms with van der Waals surface area (Å²) >= 11 is 18.1. The number of rotatable bonds is 9. The largest absolute Gasteiger partial charge is 0.351 e. The Morgan fingerprint density at radius 2 is 1.71 bits per heavy atom. The summed E-state index contributed by atoms with van der Waals surface area (Å²) in [5.41, 5.74) is 1.18. The van der Waals surface area contributed by atoms with Crippen molar-refractivity contribution in [1.82, 2.24) is 14.6 Å². The zero-order chi connectivity index (χ0) is 24.9. The number of aromatic nitrogens is 1. The van der Waals surface area contributed by atoms with E-state index in [4.69, 9.17) is 34.8 Å². The first-order valence-electron chi connectivity index (χ1n) is 10.2. The van der Waals surface area contributed by atoms with Gasteiger partial charge in [-0.25, -0.2) is 8.42 Å². The van der Waals surface area contributed by atoms with Crippen LogP contribution in [-0.4, -0.2) is 24.9 Å². The van der Waals surface area contributed by atoms with Crippen molar-refractivity contribution in [3.05, 3.63) is 87.1 Å². The van der Waals surface area contributed by atoms with Crippen LogP contribution in [0.2, 0.25) is 15.1 Å². The maximum absolute atomic E-state index is 13.2. The Hall–Kier alpha value is -2.54. The Bertz CT molecular complexity index is 1300. The SMILES string of the molecule is CC(CC(NS(=O)(=O)c1c(Cl)cccc1Cl)C(=O)NCc1ccc(Cl)cc1)n1cccc1C#N. The van der Waals surface area contributed by atoms with Crippen LogP contribution in [0.5, 0.6) is 0 Å². The third-order valence-corrected chi connectivity index (χ3v) is 7.80. The van der Waals surface area contributed by atoms with Gasteiger partial charge in [0.1, 0.15) is 22.7 Å². The van der Waals surface area contributed by atoms with Crippen molar-refractivity contribution in [3.8, 4) is 6.07 Å². The Kier molecular flexibility index (Phi) is 8.63. The smallest absolute Gasteiger partial charge is 0.244 e. The molecule has 1 aromatic heterocycles. The Morgan fingerprint density at radius 1 is 1.06 bits per heavy atom. The van der Waals surface area contributed by atoms with Crippen molar-refractivity contribution in [2.24, 2.45) is 0 Å². The molecule has 0 aliphatic rings. The minimum atomic E-state index is -4.25. The van der Waals surface area contributed by atoms with Gasteiger partial charge in [-0.2, -0.15) is 9.98 Å². The highest BCUT2D eigenvalue weighted by Gasteiger charge is 2.30. The van der Waals surface area contributed by atoms with Crippen molar-refractivity contribution in [3.63, 3.8) is 0 Å². The highest BCUT2D eigenvalue weighted by molar-refractivity contribution is 7.89. The molecule has 11 heteroatoms. The van der Waals surface area contributed by atoms with Gasteiger partial charge in [-0.3, -0.25) is 4.79 Å². The minimum Gasteiger partial charge on any atom is -0.351 e. The second kappa shape index (κ2) is 11.3. The van der Waals surface area contributed by atoms with Gasteiger partial charge in [0.05, 0.1) is 10.0 Å². The average molecular weight is 540 g/mol. The standard InChI is InChI=1S/C23H21Cl3N4O3S/c1-15(30-11-3-4-18(30)13-27)12-21(23(31)28-14-16-7-9-17(24)10-8-16)29-34(32,33)22-19(25)5-2-6-20(22)26/h2-11,15,21,29H,12,14H2,1H3,(H,28,31). The van der Waals surface area contributed by atoms with Gasteiger partial charge >= 0.3 is 0 Å². The van der Waals surface area contributed by atoms with Gasteiger partial charge in [-0.1, -0.05) is 53.0 Å². The van der Waals surface area contributed by atoms with E-state index in [0.717, 1.165) is 5.56 Å². The monoisotopic (exact) mass is 538 g/mol. The van der Waals surface area contributed by atoms with Crippen LogP contribution < -0.4 is 10.0 Å². The number of amides is 1. The minimum absolute atomic E-state index is 0.0643. The molecule has 7 nitrogen and oxygen atoms in total. The van der Waals surface area contributed by atoms with E-state index >= 15 is 0 Å². The van der Waals surface area contributed by atoms with Crippen LogP contribution in [-0.2, 0) is 21.4 Å². The molecule has 0 fully saturated rings. The van der Waals surface area contributed by atoms with Crippen molar-refractivity contribution in [2.75, 3.05) is 0 Å². The van der Waals surface area contributed by atoms with E-state index in [1.807, 2.05) is 0 Å². The molecule has 0 saturated heterocycles. The van der Waals surface area contributed by atoms with E-state index in [2.05, 4.69) is 16.1 Å². The molecule has 3 rings (SSSR count). The Labute approximate surface area is 213 Å². The molecule has 1 amide bonds. The van der Waals surface area contributed by atoms with Crippen molar-refractivity contribution < 1.29 is 13.2 Å². The number of benzene rings is 2. The molecule has 2 N–H and O–H groups in total. The fourth-order valence-electron chi connectivity index (χ4n) is 3.44. The van der Waals surface area contributed by atoms with Crippen molar-refractivity contribution in [2.45, 2.75) is 36.9 Å². The number of sulfonamides is 1. The zero-order valence-corrected chi connectivity index (χ0v) is 21.1. The number of nitrogens with one attached hydrogen (secondary N) is 2. The first-order chi connectivity index (χ1) is 16.1. The second-order valence-electron chi connectivity index (χ2n) is 7.57. The third-order valence-electron chi connectivity index (χ3n) is 5.13. The van der Waals surface area contributed by atoms with Gasteiger partial charge in [-0.15, -0.1) is 0 Å². The van der Waals surface area contributed by atoms with Crippen LogP contribution in [0.15, 0.2) is 65.7 Å². The molecule has 34 heavy (non-hydrogen) atoms. The fraction of sp³-hybridized carbons (Fsp3) is 0.217. The number of hydrogen-bond acceptors (Lipinski definition) is 4. The molecule has 178 valence electrons. The van der Waals surface area contributed by atoms with Crippen molar-refractivity contribution >= 4 is 50.7 Å². The lowest BCUT2D eigenvalue weighted by Crippen LogP contribution is -2.47. The summed E-state index contributed by atoms with van der Waals surface area (Å²) in [6, 6.07) is 15.1. The lowest BCUT2D eigenvalue weighted by Gasteiger charge is -2.24. The van der Waals surface area contributed by atoms with Crippen LogP contribution in [0.4, 0.5) is 0 Å². The lowest BCUT2D eigenvalue weighted by molar-refractivity contribution is -0.123. The first kappa shape index (κ1) is 26.1. The van der Waals surface area contributed by atoms with E-state index in [1.165, 1.54) is 18.2 Å². The summed E-state index contributed by atoms with van der Waals surface area (Å²) in [6.07, 6.45) is 1.77. The van der Waals surface area contributed by atoms with E-state index in [1.54, 1.807) is 54.1 Å². The van der Waals surface area contributed by atoms with Crippen LogP contribution in [0.25, 0.3) is 0 Å². The molecule has 3 aromatic rings. The molecular weight excluding hydrogens is 519 g/mol. The lowest BCUT2D eigenvalue weighted by atomic mass is 10.1. The number of carbonyl (C=O) groups is 1. The van der Waals surface area contributed by atoms with Gasteiger partial charge in [-0.05, 0) is 55.3 Å². The molecule has 0 aliphatic heterocycles. The second-order valence-corrected chi connectivity index (χ2v) is 10.5. The molecule has 2 atom stereocenters. The topological polar surface area (TPSA) is 104 Å². The van der Waals surface area contributed by atoms with E-state index in [-0.39, 0.29) is 33.9 Å².